The van der Waals surface area contributed by atoms with Crippen molar-refractivity contribution in [3.63, 3.8) is 0 Å². The second-order valence-electron chi connectivity index (χ2n) is 6.02. The number of amides is 1. The van der Waals surface area contributed by atoms with Crippen LogP contribution >= 0.6 is 0 Å². The second-order valence-corrected chi connectivity index (χ2v) is 6.02. The minimum Gasteiger partial charge on any atom is -0.347 e. The van der Waals surface area contributed by atoms with Crippen LogP contribution in [0.5, 0.6) is 0 Å². The SMILES string of the molecule is Cc1ccc(C)c(-n2ccc(C#N)c2C(=O)NCc2ccccc2)c1. The molecule has 3 aromatic rings. The van der Waals surface area contributed by atoms with Crippen molar-refractivity contribution in [2.45, 2.75) is 20.4 Å². The van der Waals surface area contributed by atoms with E-state index in [4.69, 9.17) is 0 Å². The number of hydrogen-bond donors (Lipinski definition) is 1. The van der Waals surface area contributed by atoms with Crippen LogP contribution in [-0.4, -0.2) is 10.5 Å². The van der Waals surface area contributed by atoms with Gasteiger partial charge in [0.15, 0.2) is 0 Å². The molecule has 0 bridgehead atoms. The van der Waals surface area contributed by atoms with Crippen molar-refractivity contribution in [3.8, 4) is 11.8 Å². The first-order chi connectivity index (χ1) is 12.1. The monoisotopic (exact) mass is 329 g/mol. The molecule has 1 amide bonds. The van der Waals surface area contributed by atoms with Gasteiger partial charge in [-0.15, -0.1) is 0 Å². The summed E-state index contributed by atoms with van der Waals surface area (Å²) < 4.78 is 1.79. The van der Waals surface area contributed by atoms with Gasteiger partial charge in [-0.2, -0.15) is 5.26 Å². The largest absolute Gasteiger partial charge is 0.347 e. The summed E-state index contributed by atoms with van der Waals surface area (Å²) in [7, 11) is 0. The average Bonchev–Trinajstić information content (AvgIpc) is 3.06. The van der Waals surface area contributed by atoms with Gasteiger partial charge < -0.3 is 9.88 Å². The Morgan fingerprint density at radius 1 is 1.12 bits per heavy atom. The Morgan fingerprint density at radius 3 is 2.60 bits per heavy atom. The molecule has 1 N–H and O–H groups in total. The minimum absolute atomic E-state index is 0.258. The van der Waals surface area contributed by atoms with E-state index in [2.05, 4.69) is 11.4 Å². The summed E-state index contributed by atoms with van der Waals surface area (Å²) in [4.78, 5) is 12.8. The highest BCUT2D eigenvalue weighted by Crippen LogP contribution is 2.21. The molecule has 25 heavy (non-hydrogen) atoms. The number of benzene rings is 2. The van der Waals surface area contributed by atoms with Gasteiger partial charge in [-0.3, -0.25) is 4.79 Å². The lowest BCUT2D eigenvalue weighted by atomic mass is 10.1. The van der Waals surface area contributed by atoms with Gasteiger partial charge >= 0.3 is 0 Å². The van der Waals surface area contributed by atoms with Crippen molar-refractivity contribution in [2.24, 2.45) is 0 Å². The van der Waals surface area contributed by atoms with Gasteiger partial charge in [0.2, 0.25) is 0 Å². The molecule has 1 aromatic heterocycles. The molecule has 2 aromatic carbocycles. The Kier molecular flexibility index (Phi) is 4.67. The zero-order chi connectivity index (χ0) is 17.8. The lowest BCUT2D eigenvalue weighted by Crippen LogP contribution is -2.26. The van der Waals surface area contributed by atoms with E-state index in [9.17, 15) is 10.1 Å². The minimum atomic E-state index is -0.258. The molecule has 0 spiro atoms. The van der Waals surface area contributed by atoms with Gasteiger partial charge in [0.25, 0.3) is 5.91 Å². The van der Waals surface area contributed by atoms with Crippen molar-refractivity contribution < 1.29 is 4.79 Å². The summed E-state index contributed by atoms with van der Waals surface area (Å²) >= 11 is 0. The maximum Gasteiger partial charge on any atom is 0.269 e. The summed E-state index contributed by atoms with van der Waals surface area (Å²) in [5, 5.41) is 12.3. The van der Waals surface area contributed by atoms with E-state index in [1.54, 1.807) is 16.8 Å². The Hall–Kier alpha value is -3.32. The van der Waals surface area contributed by atoms with Crippen molar-refractivity contribution in [3.05, 3.63) is 88.7 Å². The average molecular weight is 329 g/mol. The van der Waals surface area contributed by atoms with E-state index < -0.39 is 0 Å². The molecule has 1 heterocycles. The predicted molar refractivity (Wildman–Crippen MR) is 97.6 cm³/mol. The number of carbonyl (C=O) groups is 1. The predicted octanol–water partition coefficient (Wildman–Crippen LogP) is 3.90. The van der Waals surface area contributed by atoms with Crippen LogP contribution in [0.25, 0.3) is 5.69 Å². The number of rotatable bonds is 4. The van der Waals surface area contributed by atoms with Gasteiger partial charge in [-0.1, -0.05) is 42.5 Å². The Balaban J connectivity index is 1.95. The molecular weight excluding hydrogens is 310 g/mol. The van der Waals surface area contributed by atoms with E-state index in [1.165, 1.54) is 0 Å². The van der Waals surface area contributed by atoms with E-state index in [0.717, 1.165) is 22.4 Å². The first kappa shape index (κ1) is 16.5. The molecule has 3 rings (SSSR count). The Labute approximate surface area is 147 Å². The normalized spacial score (nSPS) is 10.3. The third-order valence-corrected chi connectivity index (χ3v) is 4.14. The maximum atomic E-state index is 12.8. The van der Waals surface area contributed by atoms with Crippen LogP contribution in [0.15, 0.2) is 60.8 Å². The molecule has 0 atom stereocenters. The standard InChI is InChI=1S/C21H19N3O/c1-15-8-9-16(2)19(12-15)24-11-10-18(13-22)20(24)21(25)23-14-17-6-4-3-5-7-17/h3-12H,14H2,1-2H3,(H,23,25). The zero-order valence-electron chi connectivity index (χ0n) is 14.3. The molecule has 0 radical (unpaired) electrons. The molecule has 0 unspecified atom stereocenters. The number of aryl methyl sites for hydroxylation is 2. The fourth-order valence-corrected chi connectivity index (χ4v) is 2.80. The summed E-state index contributed by atoms with van der Waals surface area (Å²) in [6.07, 6.45) is 1.78. The lowest BCUT2D eigenvalue weighted by Gasteiger charge is -2.13. The third-order valence-electron chi connectivity index (χ3n) is 4.14. The number of nitriles is 1. The summed E-state index contributed by atoms with van der Waals surface area (Å²) in [5.41, 5.74) is 4.80. The fourth-order valence-electron chi connectivity index (χ4n) is 2.80. The van der Waals surface area contributed by atoms with Crippen molar-refractivity contribution in [1.29, 1.82) is 5.26 Å². The van der Waals surface area contributed by atoms with Crippen molar-refractivity contribution >= 4 is 5.91 Å². The van der Waals surface area contributed by atoms with Crippen LogP contribution in [0.3, 0.4) is 0 Å². The van der Waals surface area contributed by atoms with Gasteiger partial charge in [0, 0.05) is 18.4 Å². The molecule has 4 nitrogen and oxygen atoms in total. The second kappa shape index (κ2) is 7.06. The molecule has 0 aliphatic rings. The van der Waals surface area contributed by atoms with E-state index in [1.807, 2.05) is 62.4 Å². The van der Waals surface area contributed by atoms with Gasteiger partial charge in [-0.05, 0) is 42.7 Å². The molecule has 0 aliphatic heterocycles. The third kappa shape index (κ3) is 3.46. The number of hydrogen-bond acceptors (Lipinski definition) is 2. The smallest absolute Gasteiger partial charge is 0.269 e. The molecule has 0 saturated carbocycles. The molecule has 0 saturated heterocycles. The van der Waals surface area contributed by atoms with E-state index in [-0.39, 0.29) is 5.91 Å². The summed E-state index contributed by atoms with van der Waals surface area (Å²) in [6, 6.07) is 19.6. The molecular formula is C21H19N3O. The van der Waals surface area contributed by atoms with Crippen molar-refractivity contribution in [2.75, 3.05) is 0 Å². The highest BCUT2D eigenvalue weighted by molar-refractivity contribution is 5.96. The molecule has 0 fully saturated rings. The quantitative estimate of drug-likeness (QED) is 0.789. The van der Waals surface area contributed by atoms with Gasteiger partial charge in [0.05, 0.1) is 5.56 Å². The van der Waals surface area contributed by atoms with E-state index >= 15 is 0 Å². The van der Waals surface area contributed by atoms with Crippen LogP contribution in [0, 0.1) is 25.2 Å². The highest BCUT2D eigenvalue weighted by Gasteiger charge is 2.19. The first-order valence-electron chi connectivity index (χ1n) is 8.11. The molecule has 4 heteroatoms. The van der Waals surface area contributed by atoms with Crippen LogP contribution in [0.1, 0.15) is 32.7 Å². The van der Waals surface area contributed by atoms with Crippen LogP contribution in [0.2, 0.25) is 0 Å². The number of nitrogens with one attached hydrogen (secondary N) is 1. The maximum absolute atomic E-state index is 12.8. The van der Waals surface area contributed by atoms with Crippen LogP contribution < -0.4 is 5.32 Å². The van der Waals surface area contributed by atoms with Crippen LogP contribution in [0.4, 0.5) is 0 Å². The summed E-state index contributed by atoms with van der Waals surface area (Å²) in [5.74, 6) is -0.258. The van der Waals surface area contributed by atoms with Crippen molar-refractivity contribution in [1.82, 2.24) is 9.88 Å². The van der Waals surface area contributed by atoms with Gasteiger partial charge in [0.1, 0.15) is 11.8 Å². The first-order valence-corrected chi connectivity index (χ1v) is 8.11. The number of aromatic nitrogens is 1. The summed E-state index contributed by atoms with van der Waals surface area (Å²) in [6.45, 7) is 4.42. The number of nitrogens with zero attached hydrogens (tertiary/aromatic N) is 2. The molecule has 0 aliphatic carbocycles. The topological polar surface area (TPSA) is 57.8 Å². The zero-order valence-corrected chi connectivity index (χ0v) is 14.3. The Morgan fingerprint density at radius 2 is 1.88 bits per heavy atom. The van der Waals surface area contributed by atoms with Gasteiger partial charge in [-0.25, -0.2) is 0 Å². The molecule has 124 valence electrons. The van der Waals surface area contributed by atoms with Crippen LogP contribution in [-0.2, 0) is 6.54 Å². The fraction of sp³-hybridized carbons (Fsp3) is 0.143. The highest BCUT2D eigenvalue weighted by atomic mass is 16.1. The van der Waals surface area contributed by atoms with E-state index in [0.29, 0.717) is 17.8 Å². The lowest BCUT2D eigenvalue weighted by molar-refractivity contribution is 0.0944. The Bertz CT molecular complexity index is 949. The number of carbonyl (C=O) groups excluding carboxylic acids is 1.